The average Bonchev–Trinajstić information content (AvgIpc) is 2.48. The zero-order valence-corrected chi connectivity index (χ0v) is 8.80. The Kier molecular flexibility index (Phi) is 2.25. The molecule has 1 aromatic rings. The van der Waals surface area contributed by atoms with Crippen LogP contribution in [0.1, 0.15) is 36.1 Å². The number of imidazole rings is 1. The molecule has 1 aliphatic carbocycles. The van der Waals surface area contributed by atoms with Crippen molar-refractivity contribution in [2.75, 3.05) is 0 Å². The van der Waals surface area contributed by atoms with Crippen LogP contribution in [0.3, 0.4) is 0 Å². The van der Waals surface area contributed by atoms with E-state index in [0.717, 1.165) is 0 Å². The van der Waals surface area contributed by atoms with Gasteiger partial charge in [0.25, 0.3) is 5.91 Å². The number of aryl methyl sites for hydroxylation is 1. The van der Waals surface area contributed by atoms with E-state index < -0.39 is 5.67 Å². The first-order chi connectivity index (χ1) is 6.96. The van der Waals surface area contributed by atoms with E-state index in [1.807, 2.05) is 0 Å². The Balaban J connectivity index is 1.89. The van der Waals surface area contributed by atoms with E-state index >= 15 is 0 Å². The number of rotatable bonds is 2. The van der Waals surface area contributed by atoms with Crippen molar-refractivity contribution in [3.8, 4) is 0 Å². The molecule has 5 heteroatoms. The van der Waals surface area contributed by atoms with Crippen molar-refractivity contribution in [1.29, 1.82) is 0 Å². The SMILES string of the molecule is Cc1ncc(C(=O)NC2CC(C)(F)C2)[nH]1. The number of halogens is 1. The second-order valence-electron chi connectivity index (χ2n) is 4.37. The van der Waals surface area contributed by atoms with Crippen LogP contribution in [0.4, 0.5) is 4.39 Å². The predicted molar refractivity (Wildman–Crippen MR) is 53.3 cm³/mol. The molecule has 1 aromatic heterocycles. The highest BCUT2D eigenvalue weighted by Gasteiger charge is 2.41. The molecule has 0 aliphatic heterocycles. The minimum atomic E-state index is -1.11. The first-order valence-corrected chi connectivity index (χ1v) is 4.98. The summed E-state index contributed by atoms with van der Waals surface area (Å²) < 4.78 is 13.1. The van der Waals surface area contributed by atoms with Crippen LogP contribution in [0.5, 0.6) is 0 Å². The van der Waals surface area contributed by atoms with Gasteiger partial charge in [-0.25, -0.2) is 9.37 Å². The Morgan fingerprint density at radius 1 is 1.73 bits per heavy atom. The maximum atomic E-state index is 13.1. The summed E-state index contributed by atoms with van der Waals surface area (Å²) in [5, 5.41) is 2.75. The summed E-state index contributed by atoms with van der Waals surface area (Å²) in [5.41, 5.74) is -0.679. The zero-order valence-electron chi connectivity index (χ0n) is 8.80. The fourth-order valence-electron chi connectivity index (χ4n) is 1.87. The third-order valence-corrected chi connectivity index (χ3v) is 2.63. The molecule has 15 heavy (non-hydrogen) atoms. The van der Waals surface area contributed by atoms with Crippen molar-refractivity contribution < 1.29 is 9.18 Å². The second-order valence-corrected chi connectivity index (χ2v) is 4.37. The summed E-state index contributed by atoms with van der Waals surface area (Å²) in [6, 6.07) is -0.0453. The molecule has 1 aliphatic rings. The largest absolute Gasteiger partial charge is 0.348 e. The van der Waals surface area contributed by atoms with Gasteiger partial charge in [-0.05, 0) is 13.8 Å². The first-order valence-electron chi connectivity index (χ1n) is 4.98. The molecule has 0 aromatic carbocycles. The third kappa shape index (κ3) is 2.16. The van der Waals surface area contributed by atoms with Gasteiger partial charge in [-0.3, -0.25) is 4.79 Å². The standard InChI is InChI=1S/C10H14FN3O/c1-6-12-5-8(13-6)9(15)14-7-3-10(2,11)4-7/h5,7H,3-4H2,1-2H3,(H,12,13)(H,14,15). The van der Waals surface area contributed by atoms with Crippen LogP contribution in [-0.2, 0) is 0 Å². The predicted octanol–water partition coefficient (Wildman–Crippen LogP) is 1.34. The van der Waals surface area contributed by atoms with Crippen LogP contribution in [0.25, 0.3) is 0 Å². The highest BCUT2D eigenvalue weighted by atomic mass is 19.1. The number of hydrogen-bond acceptors (Lipinski definition) is 2. The summed E-state index contributed by atoms with van der Waals surface area (Å²) in [7, 11) is 0. The van der Waals surface area contributed by atoms with Gasteiger partial charge in [0, 0.05) is 18.9 Å². The Bertz CT molecular complexity index is 378. The van der Waals surface area contributed by atoms with Gasteiger partial charge >= 0.3 is 0 Å². The van der Waals surface area contributed by atoms with Crippen LogP contribution in [0.15, 0.2) is 6.20 Å². The van der Waals surface area contributed by atoms with Crippen LogP contribution in [-0.4, -0.2) is 27.6 Å². The van der Waals surface area contributed by atoms with Gasteiger partial charge < -0.3 is 10.3 Å². The number of carbonyl (C=O) groups is 1. The van der Waals surface area contributed by atoms with E-state index in [9.17, 15) is 9.18 Å². The molecule has 2 N–H and O–H groups in total. The minimum Gasteiger partial charge on any atom is -0.348 e. The summed E-state index contributed by atoms with van der Waals surface area (Å²) in [5.74, 6) is 0.486. The molecule has 1 saturated carbocycles. The normalized spacial score (nSPS) is 29.7. The molecule has 0 atom stereocenters. The number of nitrogens with zero attached hydrogens (tertiary/aromatic N) is 1. The number of aromatic amines is 1. The van der Waals surface area contributed by atoms with E-state index in [1.54, 1.807) is 13.8 Å². The molecule has 0 bridgehead atoms. The quantitative estimate of drug-likeness (QED) is 0.775. The smallest absolute Gasteiger partial charge is 0.269 e. The molecule has 4 nitrogen and oxygen atoms in total. The fraction of sp³-hybridized carbons (Fsp3) is 0.600. The van der Waals surface area contributed by atoms with Gasteiger partial charge in [-0.2, -0.15) is 0 Å². The van der Waals surface area contributed by atoms with E-state index in [4.69, 9.17) is 0 Å². The summed E-state index contributed by atoms with van der Waals surface area (Å²) >= 11 is 0. The van der Waals surface area contributed by atoms with E-state index in [-0.39, 0.29) is 11.9 Å². The van der Waals surface area contributed by atoms with Gasteiger partial charge in [0.1, 0.15) is 17.2 Å². The Hall–Kier alpha value is -1.39. The zero-order chi connectivity index (χ0) is 11.1. The molecular weight excluding hydrogens is 197 g/mol. The summed E-state index contributed by atoms with van der Waals surface area (Å²) in [6.07, 6.45) is 2.27. The van der Waals surface area contributed by atoms with Crippen molar-refractivity contribution in [2.45, 2.75) is 38.4 Å². The molecule has 0 unspecified atom stereocenters. The molecule has 1 fully saturated rings. The van der Waals surface area contributed by atoms with Crippen molar-refractivity contribution in [1.82, 2.24) is 15.3 Å². The Morgan fingerprint density at radius 2 is 2.40 bits per heavy atom. The average molecular weight is 211 g/mol. The summed E-state index contributed by atoms with van der Waals surface area (Å²) in [4.78, 5) is 18.3. The highest BCUT2D eigenvalue weighted by Crippen LogP contribution is 2.35. The number of hydrogen-bond donors (Lipinski definition) is 2. The third-order valence-electron chi connectivity index (χ3n) is 2.63. The van der Waals surface area contributed by atoms with Crippen molar-refractivity contribution in [2.24, 2.45) is 0 Å². The van der Waals surface area contributed by atoms with Crippen LogP contribution in [0.2, 0.25) is 0 Å². The van der Waals surface area contributed by atoms with Crippen molar-refractivity contribution in [3.63, 3.8) is 0 Å². The molecule has 0 radical (unpaired) electrons. The maximum Gasteiger partial charge on any atom is 0.269 e. The maximum absolute atomic E-state index is 13.1. The first kappa shape index (κ1) is 10.1. The molecule has 1 heterocycles. The van der Waals surface area contributed by atoms with Gasteiger partial charge in [0.15, 0.2) is 0 Å². The van der Waals surface area contributed by atoms with Crippen molar-refractivity contribution in [3.05, 3.63) is 17.7 Å². The van der Waals surface area contributed by atoms with Crippen LogP contribution in [0, 0.1) is 6.92 Å². The van der Waals surface area contributed by atoms with E-state index in [1.165, 1.54) is 6.20 Å². The highest BCUT2D eigenvalue weighted by molar-refractivity contribution is 5.92. The molecule has 82 valence electrons. The molecule has 0 spiro atoms. The Labute approximate surface area is 87.3 Å². The van der Waals surface area contributed by atoms with Gasteiger partial charge in [-0.1, -0.05) is 0 Å². The lowest BCUT2D eigenvalue weighted by Crippen LogP contribution is -2.51. The van der Waals surface area contributed by atoms with E-state index in [0.29, 0.717) is 24.4 Å². The van der Waals surface area contributed by atoms with Crippen LogP contribution < -0.4 is 5.32 Å². The Morgan fingerprint density at radius 3 is 2.87 bits per heavy atom. The number of H-pyrrole nitrogens is 1. The number of nitrogens with one attached hydrogen (secondary N) is 2. The fourth-order valence-corrected chi connectivity index (χ4v) is 1.87. The molecule has 2 rings (SSSR count). The minimum absolute atomic E-state index is 0.0453. The van der Waals surface area contributed by atoms with Crippen molar-refractivity contribution >= 4 is 5.91 Å². The molecule has 1 amide bonds. The number of aromatic nitrogens is 2. The lowest BCUT2D eigenvalue weighted by atomic mass is 9.79. The lowest BCUT2D eigenvalue weighted by Gasteiger charge is -2.38. The van der Waals surface area contributed by atoms with E-state index in [2.05, 4.69) is 15.3 Å². The van der Waals surface area contributed by atoms with Gasteiger partial charge in [0.2, 0.25) is 0 Å². The topological polar surface area (TPSA) is 57.8 Å². The van der Waals surface area contributed by atoms with Gasteiger partial charge in [-0.15, -0.1) is 0 Å². The lowest BCUT2D eigenvalue weighted by molar-refractivity contribution is 0.0444. The monoisotopic (exact) mass is 211 g/mol. The number of alkyl halides is 1. The van der Waals surface area contributed by atoms with Gasteiger partial charge in [0.05, 0.1) is 6.20 Å². The molecule has 0 saturated heterocycles. The number of amides is 1. The van der Waals surface area contributed by atoms with Crippen LogP contribution >= 0.6 is 0 Å². The summed E-state index contributed by atoms with van der Waals surface area (Å²) in [6.45, 7) is 3.33. The number of carbonyl (C=O) groups excluding carboxylic acids is 1. The molecular formula is C10H14FN3O. The second kappa shape index (κ2) is 3.32.